The summed E-state index contributed by atoms with van der Waals surface area (Å²) in [6.07, 6.45) is 24.6. The Hall–Kier alpha value is -0.0431. The summed E-state index contributed by atoms with van der Waals surface area (Å²) in [6.45, 7) is 11.3. The standard InChI is InChI=1S/C22H46Si/c1-5-6-7-8-9-10-11-12-13-14-15-16-17-18-19-20-21-22(2)23(3)4/h23H,2,5-21H2,1,3-4H3. The van der Waals surface area contributed by atoms with Crippen molar-refractivity contribution in [3.05, 3.63) is 11.8 Å². The highest BCUT2D eigenvalue weighted by Gasteiger charge is 2.01. The molecule has 0 aliphatic heterocycles. The topological polar surface area (TPSA) is 0 Å². The molecule has 0 amide bonds. The zero-order valence-corrected chi connectivity index (χ0v) is 18.0. The van der Waals surface area contributed by atoms with Gasteiger partial charge in [0.05, 0.1) is 8.80 Å². The van der Waals surface area contributed by atoms with Crippen LogP contribution in [0.4, 0.5) is 0 Å². The third-order valence-corrected chi connectivity index (χ3v) is 7.09. The Morgan fingerprint density at radius 3 is 1.17 bits per heavy atom. The summed E-state index contributed by atoms with van der Waals surface area (Å²) < 4.78 is 0. The number of allylic oxidation sites excluding steroid dienone is 1. The maximum Gasteiger partial charge on any atom is 0.0587 e. The van der Waals surface area contributed by atoms with E-state index in [0.717, 1.165) is 0 Å². The molecular weight excluding hydrogens is 292 g/mol. The second kappa shape index (κ2) is 18.3. The molecule has 0 rings (SSSR count). The minimum absolute atomic E-state index is 0.554. The lowest BCUT2D eigenvalue weighted by Crippen LogP contribution is -2.03. The summed E-state index contributed by atoms with van der Waals surface area (Å²) in [5.74, 6) is 0. The Morgan fingerprint density at radius 2 is 0.870 bits per heavy atom. The Morgan fingerprint density at radius 1 is 0.565 bits per heavy atom. The van der Waals surface area contributed by atoms with E-state index in [0.29, 0.717) is 0 Å². The van der Waals surface area contributed by atoms with Crippen LogP contribution in [0.1, 0.15) is 116 Å². The lowest BCUT2D eigenvalue weighted by molar-refractivity contribution is 0.530. The first-order valence-corrected chi connectivity index (χ1v) is 13.7. The summed E-state index contributed by atoms with van der Waals surface area (Å²) in [6, 6.07) is 0. The first-order valence-electron chi connectivity index (χ1n) is 10.9. The van der Waals surface area contributed by atoms with E-state index in [1.54, 1.807) is 5.20 Å². The van der Waals surface area contributed by atoms with E-state index in [-0.39, 0.29) is 0 Å². The lowest BCUT2D eigenvalue weighted by atomic mass is 10.0. The lowest BCUT2D eigenvalue weighted by Gasteiger charge is -2.07. The molecule has 0 nitrogen and oxygen atoms in total. The molecule has 0 aromatic rings. The van der Waals surface area contributed by atoms with Crippen LogP contribution in [-0.4, -0.2) is 8.80 Å². The van der Waals surface area contributed by atoms with E-state index in [9.17, 15) is 0 Å². The van der Waals surface area contributed by atoms with Crippen LogP contribution in [-0.2, 0) is 0 Å². The predicted octanol–water partition coefficient (Wildman–Crippen LogP) is 8.22. The van der Waals surface area contributed by atoms with Crippen molar-refractivity contribution in [3.63, 3.8) is 0 Å². The van der Waals surface area contributed by atoms with Crippen molar-refractivity contribution < 1.29 is 0 Å². The summed E-state index contributed by atoms with van der Waals surface area (Å²) in [5, 5.41) is 1.58. The maximum atomic E-state index is 4.22. The Kier molecular flexibility index (Phi) is 18.3. The van der Waals surface area contributed by atoms with Gasteiger partial charge in [0.2, 0.25) is 0 Å². The first-order chi connectivity index (χ1) is 11.2. The summed E-state index contributed by atoms with van der Waals surface area (Å²) >= 11 is 0. The van der Waals surface area contributed by atoms with E-state index in [1.165, 1.54) is 109 Å². The molecule has 0 aromatic heterocycles. The number of rotatable bonds is 18. The van der Waals surface area contributed by atoms with Crippen molar-refractivity contribution in [2.75, 3.05) is 0 Å². The molecule has 0 spiro atoms. The molecular formula is C22H46Si. The van der Waals surface area contributed by atoms with Gasteiger partial charge in [-0.2, -0.15) is 0 Å². The van der Waals surface area contributed by atoms with Gasteiger partial charge in [0.15, 0.2) is 0 Å². The van der Waals surface area contributed by atoms with Crippen molar-refractivity contribution >= 4 is 8.80 Å². The summed E-state index contributed by atoms with van der Waals surface area (Å²) in [5.41, 5.74) is 0. The van der Waals surface area contributed by atoms with Gasteiger partial charge in [0.25, 0.3) is 0 Å². The van der Waals surface area contributed by atoms with Crippen molar-refractivity contribution in [1.82, 2.24) is 0 Å². The van der Waals surface area contributed by atoms with Gasteiger partial charge in [0, 0.05) is 0 Å². The van der Waals surface area contributed by atoms with Gasteiger partial charge >= 0.3 is 0 Å². The van der Waals surface area contributed by atoms with E-state index < -0.39 is 8.80 Å². The van der Waals surface area contributed by atoms with Crippen molar-refractivity contribution in [1.29, 1.82) is 0 Å². The SMILES string of the molecule is C=C(CCCCCCCCCCCCCCCCCC)[SiH](C)C. The fraction of sp³-hybridized carbons (Fsp3) is 0.909. The zero-order chi connectivity index (χ0) is 17.2. The fourth-order valence-corrected chi connectivity index (χ4v) is 3.97. The van der Waals surface area contributed by atoms with Crippen LogP contribution in [0, 0.1) is 0 Å². The largest absolute Gasteiger partial charge is 0.104 e. The maximum absolute atomic E-state index is 4.22. The third-order valence-electron chi connectivity index (χ3n) is 5.17. The second-order valence-corrected chi connectivity index (χ2v) is 11.0. The van der Waals surface area contributed by atoms with Crippen LogP contribution >= 0.6 is 0 Å². The van der Waals surface area contributed by atoms with Crippen LogP contribution < -0.4 is 0 Å². The van der Waals surface area contributed by atoms with Crippen LogP contribution in [0.2, 0.25) is 13.1 Å². The quantitative estimate of drug-likeness (QED) is 0.174. The third kappa shape index (κ3) is 18.1. The smallest absolute Gasteiger partial charge is 0.0587 e. The summed E-state index contributed by atoms with van der Waals surface area (Å²) in [7, 11) is -0.554. The van der Waals surface area contributed by atoms with Crippen LogP contribution in [0.25, 0.3) is 0 Å². The van der Waals surface area contributed by atoms with E-state index in [2.05, 4.69) is 26.6 Å². The summed E-state index contributed by atoms with van der Waals surface area (Å²) in [4.78, 5) is 0. The number of hydrogen-bond acceptors (Lipinski definition) is 0. The van der Waals surface area contributed by atoms with Gasteiger partial charge in [0.1, 0.15) is 0 Å². The van der Waals surface area contributed by atoms with Gasteiger partial charge in [-0.15, -0.1) is 6.58 Å². The Balaban J connectivity index is 3.04. The molecule has 0 saturated carbocycles. The van der Waals surface area contributed by atoms with Gasteiger partial charge < -0.3 is 0 Å². The minimum Gasteiger partial charge on any atom is -0.104 e. The number of hydrogen-bond donors (Lipinski definition) is 0. The molecule has 1 heteroatoms. The predicted molar refractivity (Wildman–Crippen MR) is 112 cm³/mol. The Labute approximate surface area is 150 Å². The number of unbranched alkanes of at least 4 members (excludes halogenated alkanes) is 15. The minimum atomic E-state index is -0.554. The van der Waals surface area contributed by atoms with Crippen LogP contribution in [0.3, 0.4) is 0 Å². The van der Waals surface area contributed by atoms with Crippen molar-refractivity contribution in [3.8, 4) is 0 Å². The Bertz CT molecular complexity index is 244. The molecule has 0 aromatic carbocycles. The van der Waals surface area contributed by atoms with Gasteiger partial charge in [-0.25, -0.2) is 0 Å². The fourth-order valence-electron chi connectivity index (χ4n) is 3.19. The van der Waals surface area contributed by atoms with Gasteiger partial charge in [-0.05, 0) is 12.8 Å². The van der Waals surface area contributed by atoms with E-state index >= 15 is 0 Å². The zero-order valence-electron chi connectivity index (χ0n) is 16.8. The second-order valence-electron chi connectivity index (χ2n) is 7.87. The molecule has 0 aliphatic rings. The van der Waals surface area contributed by atoms with Gasteiger partial charge in [-0.1, -0.05) is 122 Å². The molecule has 0 bridgehead atoms. The molecule has 0 fully saturated rings. The normalized spacial score (nSPS) is 11.3. The molecule has 0 saturated heterocycles. The van der Waals surface area contributed by atoms with Crippen LogP contribution in [0.15, 0.2) is 11.8 Å². The highest BCUT2D eigenvalue weighted by Crippen LogP contribution is 2.15. The molecule has 0 N–H and O–H groups in total. The van der Waals surface area contributed by atoms with Crippen molar-refractivity contribution in [2.45, 2.75) is 129 Å². The molecule has 23 heavy (non-hydrogen) atoms. The van der Waals surface area contributed by atoms with E-state index in [1.807, 2.05) is 0 Å². The van der Waals surface area contributed by atoms with Crippen LogP contribution in [0.5, 0.6) is 0 Å². The van der Waals surface area contributed by atoms with Crippen molar-refractivity contribution in [2.24, 2.45) is 0 Å². The first kappa shape index (κ1) is 23.0. The average molecular weight is 339 g/mol. The average Bonchev–Trinajstić information content (AvgIpc) is 2.54. The molecule has 0 unspecified atom stereocenters. The highest BCUT2D eigenvalue weighted by molar-refractivity contribution is 6.63. The van der Waals surface area contributed by atoms with Gasteiger partial charge in [-0.3, -0.25) is 0 Å². The molecule has 0 heterocycles. The monoisotopic (exact) mass is 338 g/mol. The molecule has 0 aliphatic carbocycles. The molecule has 0 atom stereocenters. The molecule has 0 radical (unpaired) electrons. The highest BCUT2D eigenvalue weighted by atomic mass is 28.3. The molecule has 138 valence electrons. The van der Waals surface area contributed by atoms with E-state index in [4.69, 9.17) is 0 Å².